The first-order valence-electron chi connectivity index (χ1n) is 7.59. The SMILES string of the molecule is O=C(N[C@H]1CN2CCC1CC2)c1ccc(Oc2ncc(Cl)o2)s1. The maximum absolute atomic E-state index is 12.4. The van der Waals surface area contributed by atoms with Gasteiger partial charge in [-0.05, 0) is 55.6 Å². The number of hydrogen-bond donors (Lipinski definition) is 1. The van der Waals surface area contributed by atoms with Crippen molar-refractivity contribution in [3.05, 3.63) is 28.4 Å². The van der Waals surface area contributed by atoms with Crippen molar-refractivity contribution in [2.75, 3.05) is 19.6 Å². The Morgan fingerprint density at radius 2 is 2.26 bits per heavy atom. The highest BCUT2D eigenvalue weighted by molar-refractivity contribution is 7.15. The number of carbonyl (C=O) groups excluding carboxylic acids is 1. The van der Waals surface area contributed by atoms with E-state index in [4.69, 9.17) is 20.8 Å². The van der Waals surface area contributed by atoms with Crippen molar-refractivity contribution in [2.45, 2.75) is 18.9 Å². The van der Waals surface area contributed by atoms with Gasteiger partial charge in [-0.3, -0.25) is 4.79 Å². The molecular formula is C15H16ClN3O3S. The van der Waals surface area contributed by atoms with E-state index < -0.39 is 0 Å². The fraction of sp³-hybridized carbons (Fsp3) is 0.467. The summed E-state index contributed by atoms with van der Waals surface area (Å²) < 4.78 is 10.5. The fourth-order valence-electron chi connectivity index (χ4n) is 3.24. The van der Waals surface area contributed by atoms with Gasteiger partial charge in [0, 0.05) is 12.6 Å². The van der Waals surface area contributed by atoms with Crippen molar-refractivity contribution in [3.63, 3.8) is 0 Å². The van der Waals surface area contributed by atoms with Crippen LogP contribution in [0.4, 0.5) is 0 Å². The molecule has 0 aromatic carbocycles. The molecule has 5 heterocycles. The van der Waals surface area contributed by atoms with E-state index in [-0.39, 0.29) is 23.2 Å². The third kappa shape index (κ3) is 3.22. The van der Waals surface area contributed by atoms with E-state index in [0.29, 0.717) is 15.9 Å². The third-order valence-corrected chi connectivity index (χ3v) is 5.56. The number of aromatic nitrogens is 1. The summed E-state index contributed by atoms with van der Waals surface area (Å²) in [5.74, 6) is 0.558. The van der Waals surface area contributed by atoms with Gasteiger partial charge < -0.3 is 19.4 Å². The highest BCUT2D eigenvalue weighted by atomic mass is 35.5. The van der Waals surface area contributed by atoms with Crippen LogP contribution in [0.3, 0.4) is 0 Å². The van der Waals surface area contributed by atoms with Gasteiger partial charge in [0.1, 0.15) is 0 Å². The zero-order valence-electron chi connectivity index (χ0n) is 12.3. The molecule has 0 saturated carbocycles. The van der Waals surface area contributed by atoms with Gasteiger partial charge in [-0.15, -0.1) is 0 Å². The molecule has 3 fully saturated rings. The van der Waals surface area contributed by atoms with Crippen molar-refractivity contribution < 1.29 is 13.9 Å². The van der Waals surface area contributed by atoms with Crippen molar-refractivity contribution in [3.8, 4) is 11.1 Å². The van der Waals surface area contributed by atoms with Gasteiger partial charge >= 0.3 is 6.08 Å². The number of oxazole rings is 1. The fourth-order valence-corrected chi connectivity index (χ4v) is 4.11. The standard InChI is InChI=1S/C15H16ClN3O3S/c16-12-7-17-15(21-12)22-13-2-1-11(23-13)14(20)18-10-8-19-5-3-9(10)4-6-19/h1-2,7,9-10H,3-6,8H2,(H,18,20)/t10-/m0/s1. The second-order valence-electron chi connectivity index (χ2n) is 5.87. The Balaban J connectivity index is 1.39. The number of fused-ring (bicyclic) bond motifs is 3. The summed E-state index contributed by atoms with van der Waals surface area (Å²) in [6, 6.07) is 3.73. The Bertz CT molecular complexity index is 708. The number of nitrogens with zero attached hydrogens (tertiary/aromatic N) is 2. The zero-order chi connectivity index (χ0) is 15.8. The lowest BCUT2D eigenvalue weighted by Gasteiger charge is -2.44. The molecule has 2 aromatic heterocycles. The van der Waals surface area contributed by atoms with E-state index in [0.717, 1.165) is 19.6 Å². The first kappa shape index (κ1) is 15.0. The first-order chi connectivity index (χ1) is 11.2. The van der Waals surface area contributed by atoms with Gasteiger partial charge in [-0.1, -0.05) is 11.3 Å². The second-order valence-corrected chi connectivity index (χ2v) is 7.29. The van der Waals surface area contributed by atoms with Crippen molar-refractivity contribution in [1.29, 1.82) is 0 Å². The number of halogens is 1. The van der Waals surface area contributed by atoms with Crippen LogP contribution in [-0.4, -0.2) is 41.5 Å². The minimum Gasteiger partial charge on any atom is -0.400 e. The maximum Gasteiger partial charge on any atom is 0.401 e. The molecule has 122 valence electrons. The van der Waals surface area contributed by atoms with Gasteiger partial charge in [0.05, 0.1) is 11.1 Å². The van der Waals surface area contributed by atoms with E-state index in [1.807, 2.05) is 0 Å². The van der Waals surface area contributed by atoms with Crippen molar-refractivity contribution in [1.82, 2.24) is 15.2 Å². The normalized spacial score (nSPS) is 26.2. The molecule has 0 unspecified atom stereocenters. The van der Waals surface area contributed by atoms with Gasteiger partial charge in [0.15, 0.2) is 5.06 Å². The van der Waals surface area contributed by atoms with Crippen LogP contribution in [0.15, 0.2) is 22.7 Å². The minimum absolute atomic E-state index is 0.0472. The largest absolute Gasteiger partial charge is 0.401 e. The summed E-state index contributed by atoms with van der Waals surface area (Å²) >= 11 is 6.91. The maximum atomic E-state index is 12.4. The number of carbonyl (C=O) groups is 1. The van der Waals surface area contributed by atoms with E-state index in [9.17, 15) is 4.79 Å². The summed E-state index contributed by atoms with van der Waals surface area (Å²) in [6.45, 7) is 3.28. The summed E-state index contributed by atoms with van der Waals surface area (Å²) in [5, 5.41) is 3.87. The highest BCUT2D eigenvalue weighted by Crippen LogP contribution is 2.31. The summed E-state index contributed by atoms with van der Waals surface area (Å²) in [7, 11) is 0. The van der Waals surface area contributed by atoms with Crippen molar-refractivity contribution >= 4 is 28.8 Å². The Morgan fingerprint density at radius 1 is 1.43 bits per heavy atom. The van der Waals surface area contributed by atoms with Gasteiger partial charge in [-0.2, -0.15) is 4.98 Å². The van der Waals surface area contributed by atoms with Gasteiger partial charge in [0.25, 0.3) is 5.91 Å². The van der Waals surface area contributed by atoms with Crippen LogP contribution >= 0.6 is 22.9 Å². The average Bonchev–Trinajstić information content (AvgIpc) is 3.18. The lowest BCUT2D eigenvalue weighted by atomic mass is 9.84. The summed E-state index contributed by atoms with van der Waals surface area (Å²) in [5.41, 5.74) is 0. The zero-order valence-corrected chi connectivity index (χ0v) is 13.9. The van der Waals surface area contributed by atoms with Crippen LogP contribution in [-0.2, 0) is 0 Å². The molecule has 1 amide bonds. The summed E-state index contributed by atoms with van der Waals surface area (Å²) in [6.07, 6.45) is 3.79. The molecule has 8 heteroatoms. The second kappa shape index (κ2) is 6.14. The van der Waals surface area contributed by atoms with Gasteiger partial charge in [0.2, 0.25) is 5.22 Å². The lowest BCUT2D eigenvalue weighted by molar-refractivity contribution is 0.0622. The number of piperidine rings is 3. The molecule has 3 saturated heterocycles. The predicted octanol–water partition coefficient (Wildman–Crippen LogP) is 3.01. The monoisotopic (exact) mass is 353 g/mol. The predicted molar refractivity (Wildman–Crippen MR) is 86.3 cm³/mol. The molecular weight excluding hydrogens is 338 g/mol. The molecule has 6 nitrogen and oxygen atoms in total. The van der Waals surface area contributed by atoms with Crippen LogP contribution in [0.2, 0.25) is 5.22 Å². The smallest absolute Gasteiger partial charge is 0.400 e. The molecule has 0 aliphatic carbocycles. The number of amides is 1. The van der Waals surface area contributed by atoms with Crippen molar-refractivity contribution in [2.24, 2.45) is 5.92 Å². The molecule has 5 rings (SSSR count). The Hall–Kier alpha value is -1.57. The van der Waals surface area contributed by atoms with E-state index in [1.54, 1.807) is 12.1 Å². The molecule has 0 radical (unpaired) electrons. The summed E-state index contributed by atoms with van der Waals surface area (Å²) in [4.78, 5) is 19.3. The molecule has 2 aromatic rings. The molecule has 0 spiro atoms. The number of rotatable bonds is 4. The van der Waals surface area contributed by atoms with E-state index in [1.165, 1.54) is 30.4 Å². The van der Waals surface area contributed by atoms with E-state index in [2.05, 4.69) is 15.2 Å². The molecule has 1 atom stereocenters. The molecule has 2 bridgehead atoms. The Labute approximate surface area is 142 Å². The molecule has 23 heavy (non-hydrogen) atoms. The molecule has 1 N–H and O–H groups in total. The quantitative estimate of drug-likeness (QED) is 0.915. The third-order valence-electron chi connectivity index (χ3n) is 4.42. The van der Waals surface area contributed by atoms with Crippen LogP contribution in [0.25, 0.3) is 0 Å². The lowest BCUT2D eigenvalue weighted by Crippen LogP contribution is -2.57. The Kier molecular flexibility index (Phi) is 4.00. The van der Waals surface area contributed by atoms with Crippen LogP contribution < -0.4 is 10.1 Å². The van der Waals surface area contributed by atoms with Crippen LogP contribution in [0.5, 0.6) is 11.1 Å². The van der Waals surface area contributed by atoms with Crippen LogP contribution in [0, 0.1) is 5.92 Å². The highest BCUT2D eigenvalue weighted by Gasteiger charge is 2.35. The minimum atomic E-state index is -0.0472. The van der Waals surface area contributed by atoms with Crippen LogP contribution in [0.1, 0.15) is 22.5 Å². The topological polar surface area (TPSA) is 67.6 Å². The molecule has 3 aliphatic rings. The average molecular weight is 354 g/mol. The number of ether oxygens (including phenoxy) is 1. The number of nitrogens with one attached hydrogen (secondary N) is 1. The number of hydrogen-bond acceptors (Lipinski definition) is 6. The number of thiophene rings is 1. The van der Waals surface area contributed by atoms with E-state index >= 15 is 0 Å². The Morgan fingerprint density at radius 3 is 2.91 bits per heavy atom. The van der Waals surface area contributed by atoms with Gasteiger partial charge in [-0.25, -0.2) is 0 Å². The molecule has 3 aliphatic heterocycles. The first-order valence-corrected chi connectivity index (χ1v) is 8.79.